The highest BCUT2D eigenvalue weighted by Crippen LogP contribution is 2.30. The Labute approximate surface area is 161 Å². The second-order valence-electron chi connectivity index (χ2n) is 5.88. The van der Waals surface area contributed by atoms with Gasteiger partial charge >= 0.3 is 0 Å². The molecule has 1 unspecified atom stereocenters. The van der Waals surface area contributed by atoms with Crippen LogP contribution in [0.2, 0.25) is 0 Å². The van der Waals surface area contributed by atoms with E-state index >= 15 is 0 Å². The van der Waals surface area contributed by atoms with E-state index in [1.54, 1.807) is 15.4 Å². The summed E-state index contributed by atoms with van der Waals surface area (Å²) in [5, 5.41) is 1.08. The van der Waals surface area contributed by atoms with Gasteiger partial charge in [0.1, 0.15) is 18.0 Å². The fourth-order valence-corrected chi connectivity index (χ4v) is 4.69. The molecule has 6 nitrogen and oxygen atoms in total. The molecule has 0 fully saturated rings. The quantitative estimate of drug-likeness (QED) is 0.427. The van der Waals surface area contributed by atoms with Gasteiger partial charge in [-0.3, -0.25) is 3.97 Å². The van der Waals surface area contributed by atoms with Crippen LogP contribution >= 0.6 is 41.9 Å². The number of hydrogen-bond donors (Lipinski definition) is 0. The SMILES string of the molecule is CN(c1ncnc2c1ccn2SI)C1CCn2cc(CCl)nc2C1. The number of fused-ring (bicyclic) bond motifs is 2. The van der Waals surface area contributed by atoms with Gasteiger partial charge in [-0.2, -0.15) is 0 Å². The summed E-state index contributed by atoms with van der Waals surface area (Å²) >= 11 is 8.18. The number of rotatable bonds is 4. The number of nitrogens with zero attached hydrogens (tertiary/aromatic N) is 6. The zero-order chi connectivity index (χ0) is 16.7. The third-order valence-corrected chi connectivity index (χ3v) is 6.54. The van der Waals surface area contributed by atoms with Gasteiger partial charge in [0.15, 0.2) is 5.65 Å². The van der Waals surface area contributed by atoms with Crippen molar-refractivity contribution in [2.24, 2.45) is 0 Å². The number of aryl methyl sites for hydroxylation is 1. The maximum atomic E-state index is 5.91. The first-order valence-electron chi connectivity index (χ1n) is 7.66. The molecule has 0 bridgehead atoms. The highest BCUT2D eigenvalue weighted by molar-refractivity contribution is 14.2. The molecule has 3 aromatic rings. The molecular formula is C15H16ClIN6S. The Bertz CT molecular complexity index is 878. The Morgan fingerprint density at radius 3 is 3.12 bits per heavy atom. The van der Waals surface area contributed by atoms with Crippen molar-refractivity contribution >= 4 is 58.8 Å². The van der Waals surface area contributed by atoms with Gasteiger partial charge in [0.25, 0.3) is 0 Å². The molecule has 9 heteroatoms. The lowest BCUT2D eigenvalue weighted by molar-refractivity contribution is 0.448. The second-order valence-corrected chi connectivity index (χ2v) is 7.86. The van der Waals surface area contributed by atoms with E-state index in [0.717, 1.165) is 47.8 Å². The van der Waals surface area contributed by atoms with Gasteiger partial charge in [0.05, 0.1) is 17.0 Å². The van der Waals surface area contributed by atoms with Crippen molar-refractivity contribution in [3.8, 4) is 0 Å². The normalized spacial score (nSPS) is 17.2. The summed E-state index contributed by atoms with van der Waals surface area (Å²) in [6.45, 7) is 0.965. The first-order chi connectivity index (χ1) is 11.7. The lowest BCUT2D eigenvalue weighted by Crippen LogP contribution is -2.38. The topological polar surface area (TPSA) is 51.8 Å². The van der Waals surface area contributed by atoms with E-state index in [0.29, 0.717) is 11.9 Å². The molecule has 1 aliphatic heterocycles. The monoisotopic (exact) mass is 474 g/mol. The molecule has 1 aliphatic rings. The molecular weight excluding hydrogens is 459 g/mol. The number of hydrogen-bond acceptors (Lipinski definition) is 5. The molecule has 0 aliphatic carbocycles. The van der Waals surface area contributed by atoms with Crippen LogP contribution in [0, 0.1) is 0 Å². The van der Waals surface area contributed by atoms with Crippen LogP contribution in [0.25, 0.3) is 11.0 Å². The van der Waals surface area contributed by atoms with Gasteiger partial charge in [-0.1, -0.05) is 0 Å². The highest BCUT2D eigenvalue weighted by atomic mass is 127. The molecule has 1 atom stereocenters. The molecule has 0 radical (unpaired) electrons. The van der Waals surface area contributed by atoms with E-state index in [1.165, 1.54) is 0 Å². The van der Waals surface area contributed by atoms with Gasteiger partial charge < -0.3 is 9.47 Å². The fourth-order valence-electron chi connectivity index (χ4n) is 3.29. The van der Waals surface area contributed by atoms with E-state index < -0.39 is 0 Å². The van der Waals surface area contributed by atoms with Gasteiger partial charge in [-0.15, -0.1) is 11.6 Å². The predicted molar refractivity (Wildman–Crippen MR) is 107 cm³/mol. The number of imidazole rings is 1. The number of halogens is 2. The summed E-state index contributed by atoms with van der Waals surface area (Å²) in [5.74, 6) is 2.56. The standard InChI is InChI=1S/C15H16ClIN6S/c1-21(11-2-4-22-8-10(7-16)20-13(22)6-11)14-12-3-5-23(24-17)15(12)19-9-18-14/h3,5,8-9,11H,2,4,6-7H2,1H3. The van der Waals surface area contributed by atoms with Crippen LogP contribution in [-0.4, -0.2) is 36.6 Å². The lowest BCUT2D eigenvalue weighted by Gasteiger charge is -2.32. The lowest BCUT2D eigenvalue weighted by atomic mass is 10.0. The minimum Gasteiger partial charge on any atom is -0.356 e. The Kier molecular flexibility index (Phi) is 4.61. The Morgan fingerprint density at radius 2 is 2.33 bits per heavy atom. The number of alkyl halides is 1. The molecule has 0 amide bonds. The minimum atomic E-state index is 0.372. The Morgan fingerprint density at radius 1 is 1.46 bits per heavy atom. The molecule has 0 saturated heterocycles. The van der Waals surface area contributed by atoms with Gasteiger partial charge in [0, 0.05) is 68.8 Å². The minimum absolute atomic E-state index is 0.372. The van der Waals surface area contributed by atoms with Crippen molar-refractivity contribution in [2.75, 3.05) is 11.9 Å². The van der Waals surface area contributed by atoms with Crippen LogP contribution in [0.3, 0.4) is 0 Å². The van der Waals surface area contributed by atoms with E-state index in [1.807, 2.05) is 6.20 Å². The molecule has 0 N–H and O–H groups in total. The van der Waals surface area contributed by atoms with Crippen molar-refractivity contribution < 1.29 is 0 Å². The average molecular weight is 475 g/mol. The molecule has 4 heterocycles. The van der Waals surface area contributed by atoms with E-state index in [2.05, 4.69) is 68.9 Å². The summed E-state index contributed by atoms with van der Waals surface area (Å²) < 4.78 is 4.27. The van der Waals surface area contributed by atoms with Gasteiger partial charge in [0.2, 0.25) is 0 Å². The van der Waals surface area contributed by atoms with Crippen molar-refractivity contribution in [1.82, 2.24) is 23.5 Å². The van der Waals surface area contributed by atoms with Gasteiger partial charge in [-0.05, 0) is 12.5 Å². The summed E-state index contributed by atoms with van der Waals surface area (Å²) in [5.41, 5.74) is 1.91. The summed E-state index contributed by atoms with van der Waals surface area (Å²) in [4.78, 5) is 15.9. The molecule has 0 spiro atoms. The largest absolute Gasteiger partial charge is 0.356 e. The molecule has 0 saturated carbocycles. The average Bonchev–Trinajstić information content (AvgIpc) is 3.23. The second kappa shape index (κ2) is 6.72. The number of likely N-dealkylation sites (N-methyl/N-ethyl adjacent to an activating group) is 1. The smallest absolute Gasteiger partial charge is 0.156 e. The van der Waals surface area contributed by atoms with Crippen molar-refractivity contribution in [3.63, 3.8) is 0 Å². The van der Waals surface area contributed by atoms with Crippen LogP contribution in [0.15, 0.2) is 24.8 Å². The summed E-state index contributed by atoms with van der Waals surface area (Å²) in [6, 6.07) is 2.46. The van der Waals surface area contributed by atoms with Crippen LogP contribution < -0.4 is 4.90 Å². The molecule has 3 aromatic heterocycles. The van der Waals surface area contributed by atoms with Crippen LogP contribution in [-0.2, 0) is 18.8 Å². The summed E-state index contributed by atoms with van der Waals surface area (Å²) in [6.07, 6.45) is 7.72. The molecule has 0 aromatic carbocycles. The predicted octanol–water partition coefficient (Wildman–Crippen LogP) is 3.66. The number of anilines is 1. The first-order valence-corrected chi connectivity index (χ1v) is 11.5. The maximum absolute atomic E-state index is 5.91. The molecule has 126 valence electrons. The molecule has 4 rings (SSSR count). The third-order valence-electron chi connectivity index (χ3n) is 4.55. The third kappa shape index (κ3) is 2.78. The van der Waals surface area contributed by atoms with Crippen molar-refractivity contribution in [1.29, 1.82) is 0 Å². The summed E-state index contributed by atoms with van der Waals surface area (Å²) in [7, 11) is 3.72. The zero-order valence-electron chi connectivity index (χ0n) is 13.1. The van der Waals surface area contributed by atoms with E-state index in [4.69, 9.17) is 11.6 Å². The number of aromatic nitrogens is 5. The first kappa shape index (κ1) is 16.5. The van der Waals surface area contributed by atoms with E-state index in [9.17, 15) is 0 Å². The molecule has 24 heavy (non-hydrogen) atoms. The zero-order valence-corrected chi connectivity index (χ0v) is 16.8. The Balaban J connectivity index is 1.65. The Hall–Kier alpha value is -1.000. The van der Waals surface area contributed by atoms with Crippen LogP contribution in [0.4, 0.5) is 5.82 Å². The van der Waals surface area contributed by atoms with Crippen LogP contribution in [0.1, 0.15) is 17.9 Å². The van der Waals surface area contributed by atoms with Crippen molar-refractivity contribution in [2.45, 2.75) is 31.3 Å². The van der Waals surface area contributed by atoms with E-state index in [-0.39, 0.29) is 0 Å². The van der Waals surface area contributed by atoms with Crippen LogP contribution in [0.5, 0.6) is 0 Å². The highest BCUT2D eigenvalue weighted by Gasteiger charge is 2.26. The maximum Gasteiger partial charge on any atom is 0.156 e. The van der Waals surface area contributed by atoms with Gasteiger partial charge in [-0.25, -0.2) is 15.0 Å². The fraction of sp³-hybridized carbons (Fsp3) is 0.400. The van der Waals surface area contributed by atoms with Crippen molar-refractivity contribution in [3.05, 3.63) is 36.3 Å².